The summed E-state index contributed by atoms with van der Waals surface area (Å²) in [6.07, 6.45) is 2.73. The van der Waals surface area contributed by atoms with Gasteiger partial charge in [-0.15, -0.1) is 0 Å². The number of aromatic nitrogens is 1. The van der Waals surface area contributed by atoms with Crippen LogP contribution in [0, 0.1) is 5.82 Å². The van der Waals surface area contributed by atoms with Crippen molar-refractivity contribution in [1.29, 1.82) is 0 Å². The van der Waals surface area contributed by atoms with E-state index in [-0.39, 0.29) is 6.04 Å². The Balaban J connectivity index is 2.02. The van der Waals surface area contributed by atoms with Crippen molar-refractivity contribution in [1.82, 2.24) is 14.6 Å². The maximum absolute atomic E-state index is 13.5. The molecule has 0 aromatic carbocycles. The molecule has 5 nitrogen and oxygen atoms in total. The lowest BCUT2D eigenvalue weighted by Gasteiger charge is -2.34. The molecular formula is C13H20FN3O2S. The van der Waals surface area contributed by atoms with Gasteiger partial charge >= 0.3 is 0 Å². The van der Waals surface area contributed by atoms with Crippen molar-refractivity contribution in [2.24, 2.45) is 0 Å². The van der Waals surface area contributed by atoms with E-state index >= 15 is 0 Å². The number of sulfonamides is 1. The molecule has 0 saturated carbocycles. The fourth-order valence-corrected chi connectivity index (χ4v) is 3.69. The SMILES string of the molecule is CC(C)N1CCC(NS(=O)(=O)c2ncccc2F)CC1. The standard InChI is InChI=1S/C13H20FN3O2S/c1-10(2)17-8-5-11(6-9-17)16-20(18,19)13-12(14)4-3-7-15-13/h3-4,7,10-11,16H,5-6,8-9H2,1-2H3. The second-order valence-electron chi connectivity index (χ2n) is 5.32. The van der Waals surface area contributed by atoms with Crippen molar-refractivity contribution in [3.05, 3.63) is 24.1 Å². The van der Waals surface area contributed by atoms with Crippen LogP contribution in [0.25, 0.3) is 0 Å². The topological polar surface area (TPSA) is 62.3 Å². The highest BCUT2D eigenvalue weighted by molar-refractivity contribution is 7.89. The zero-order chi connectivity index (χ0) is 14.8. The van der Waals surface area contributed by atoms with Gasteiger partial charge in [0.1, 0.15) is 0 Å². The predicted octanol–water partition coefficient (Wildman–Crippen LogP) is 1.37. The molecule has 2 heterocycles. The van der Waals surface area contributed by atoms with Gasteiger partial charge in [0.25, 0.3) is 10.0 Å². The minimum absolute atomic E-state index is 0.156. The molecule has 1 fully saturated rings. The Morgan fingerprint density at radius 3 is 2.60 bits per heavy atom. The van der Waals surface area contributed by atoms with Crippen molar-refractivity contribution in [2.45, 2.75) is 43.8 Å². The molecular weight excluding hydrogens is 281 g/mol. The van der Waals surface area contributed by atoms with Crippen molar-refractivity contribution in [3.63, 3.8) is 0 Å². The Labute approximate surface area is 119 Å². The van der Waals surface area contributed by atoms with Gasteiger partial charge in [-0.25, -0.2) is 22.5 Å². The van der Waals surface area contributed by atoms with Crippen LogP contribution in [-0.4, -0.2) is 43.5 Å². The number of nitrogens with zero attached hydrogens (tertiary/aromatic N) is 2. The van der Waals surface area contributed by atoms with Crippen LogP contribution in [-0.2, 0) is 10.0 Å². The average molecular weight is 301 g/mol. The molecule has 0 bridgehead atoms. The fraction of sp³-hybridized carbons (Fsp3) is 0.615. The first-order valence-electron chi connectivity index (χ1n) is 6.77. The molecule has 1 saturated heterocycles. The van der Waals surface area contributed by atoms with Gasteiger partial charge in [0, 0.05) is 18.3 Å². The highest BCUT2D eigenvalue weighted by Crippen LogP contribution is 2.16. The van der Waals surface area contributed by atoms with Gasteiger partial charge in [-0.1, -0.05) is 0 Å². The maximum atomic E-state index is 13.5. The quantitative estimate of drug-likeness (QED) is 0.912. The van der Waals surface area contributed by atoms with Crippen LogP contribution in [0.5, 0.6) is 0 Å². The summed E-state index contributed by atoms with van der Waals surface area (Å²) in [5.41, 5.74) is 0. The van der Waals surface area contributed by atoms with Crippen LogP contribution in [0.15, 0.2) is 23.4 Å². The molecule has 0 radical (unpaired) electrons. The summed E-state index contributed by atoms with van der Waals surface area (Å²) < 4.78 is 40.3. The number of rotatable bonds is 4. The third-order valence-electron chi connectivity index (χ3n) is 3.56. The molecule has 0 unspecified atom stereocenters. The monoisotopic (exact) mass is 301 g/mol. The molecule has 112 valence electrons. The summed E-state index contributed by atoms with van der Waals surface area (Å²) in [4.78, 5) is 5.92. The summed E-state index contributed by atoms with van der Waals surface area (Å²) in [5, 5.41) is -0.522. The van der Waals surface area contributed by atoms with Gasteiger partial charge in [0.15, 0.2) is 5.82 Å². The summed E-state index contributed by atoms with van der Waals surface area (Å²) in [6, 6.07) is 2.77. The molecule has 1 aromatic heterocycles. The molecule has 0 amide bonds. The number of piperidine rings is 1. The smallest absolute Gasteiger partial charge is 0.261 e. The Bertz CT molecular complexity index is 554. The largest absolute Gasteiger partial charge is 0.301 e. The number of hydrogen-bond donors (Lipinski definition) is 1. The maximum Gasteiger partial charge on any atom is 0.261 e. The van der Waals surface area contributed by atoms with E-state index in [0.29, 0.717) is 6.04 Å². The molecule has 1 aromatic rings. The molecule has 2 rings (SSSR count). The van der Waals surface area contributed by atoms with Crippen LogP contribution in [0.2, 0.25) is 0 Å². The van der Waals surface area contributed by atoms with Gasteiger partial charge in [-0.2, -0.15) is 0 Å². The van der Waals surface area contributed by atoms with Gasteiger partial charge < -0.3 is 4.90 Å². The van der Waals surface area contributed by atoms with Crippen molar-refractivity contribution >= 4 is 10.0 Å². The number of hydrogen-bond acceptors (Lipinski definition) is 4. The molecule has 1 N–H and O–H groups in total. The lowest BCUT2D eigenvalue weighted by atomic mass is 10.1. The van der Waals surface area contributed by atoms with E-state index in [0.717, 1.165) is 32.0 Å². The average Bonchev–Trinajstić information content (AvgIpc) is 2.39. The Morgan fingerprint density at radius 1 is 1.40 bits per heavy atom. The van der Waals surface area contributed by atoms with Crippen molar-refractivity contribution in [2.75, 3.05) is 13.1 Å². The minimum atomic E-state index is -3.88. The van der Waals surface area contributed by atoms with E-state index in [1.807, 2.05) is 0 Å². The van der Waals surface area contributed by atoms with Crippen molar-refractivity contribution < 1.29 is 12.8 Å². The number of nitrogens with one attached hydrogen (secondary N) is 1. The van der Waals surface area contributed by atoms with Crippen molar-refractivity contribution in [3.8, 4) is 0 Å². The van der Waals surface area contributed by atoms with Crippen LogP contribution in [0.3, 0.4) is 0 Å². The summed E-state index contributed by atoms with van der Waals surface area (Å²) >= 11 is 0. The summed E-state index contributed by atoms with van der Waals surface area (Å²) in [6.45, 7) is 5.92. The predicted molar refractivity (Wildman–Crippen MR) is 74.2 cm³/mol. The van der Waals surface area contributed by atoms with E-state index < -0.39 is 20.9 Å². The zero-order valence-electron chi connectivity index (χ0n) is 11.7. The minimum Gasteiger partial charge on any atom is -0.301 e. The number of pyridine rings is 1. The van der Waals surface area contributed by atoms with E-state index in [4.69, 9.17) is 0 Å². The Hall–Kier alpha value is -1.05. The van der Waals surface area contributed by atoms with E-state index in [1.165, 1.54) is 12.3 Å². The van der Waals surface area contributed by atoms with E-state index in [2.05, 4.69) is 28.5 Å². The molecule has 0 aliphatic carbocycles. The molecule has 0 spiro atoms. The lowest BCUT2D eigenvalue weighted by molar-refractivity contribution is 0.168. The fourth-order valence-electron chi connectivity index (χ4n) is 2.38. The number of likely N-dealkylation sites (tertiary alicyclic amines) is 1. The Morgan fingerprint density at radius 2 is 2.05 bits per heavy atom. The Kier molecular flexibility index (Phi) is 4.72. The van der Waals surface area contributed by atoms with Gasteiger partial charge in [-0.05, 0) is 51.9 Å². The normalized spacial score (nSPS) is 18.6. The highest BCUT2D eigenvalue weighted by atomic mass is 32.2. The third kappa shape index (κ3) is 3.53. The lowest BCUT2D eigenvalue weighted by Crippen LogP contribution is -2.46. The molecule has 20 heavy (non-hydrogen) atoms. The van der Waals surface area contributed by atoms with Crippen LogP contribution in [0.1, 0.15) is 26.7 Å². The van der Waals surface area contributed by atoms with Gasteiger partial charge in [0.2, 0.25) is 5.03 Å². The third-order valence-corrected chi connectivity index (χ3v) is 5.01. The first-order chi connectivity index (χ1) is 9.40. The second kappa shape index (κ2) is 6.15. The molecule has 0 atom stereocenters. The van der Waals surface area contributed by atoms with Crippen LogP contribution in [0.4, 0.5) is 4.39 Å². The van der Waals surface area contributed by atoms with Crippen LogP contribution < -0.4 is 4.72 Å². The molecule has 1 aliphatic rings. The first-order valence-corrected chi connectivity index (χ1v) is 8.25. The molecule has 7 heteroatoms. The van der Waals surface area contributed by atoms with Crippen LogP contribution >= 0.6 is 0 Å². The first kappa shape index (κ1) is 15.3. The van der Waals surface area contributed by atoms with E-state index in [1.54, 1.807) is 0 Å². The highest BCUT2D eigenvalue weighted by Gasteiger charge is 2.27. The number of halogens is 1. The summed E-state index contributed by atoms with van der Waals surface area (Å²) in [5.74, 6) is -0.820. The van der Waals surface area contributed by atoms with Gasteiger partial charge in [0.05, 0.1) is 0 Å². The molecule has 1 aliphatic heterocycles. The van der Waals surface area contributed by atoms with Gasteiger partial charge in [-0.3, -0.25) is 0 Å². The second-order valence-corrected chi connectivity index (χ2v) is 6.94. The summed E-state index contributed by atoms with van der Waals surface area (Å²) in [7, 11) is -3.88. The van der Waals surface area contributed by atoms with E-state index in [9.17, 15) is 12.8 Å². The zero-order valence-corrected chi connectivity index (χ0v) is 12.5.